The highest BCUT2D eigenvalue weighted by Gasteiger charge is 2.12. The molecule has 1 heteroatoms. The quantitative estimate of drug-likeness (QED) is 0.526. The molecule has 2 aliphatic rings. The van der Waals surface area contributed by atoms with E-state index >= 15 is 0 Å². The fourth-order valence-electron chi connectivity index (χ4n) is 1.83. The summed E-state index contributed by atoms with van der Waals surface area (Å²) in [5, 5.41) is 0. The topological polar surface area (TPSA) is 3.24 Å². The van der Waals surface area contributed by atoms with Crippen molar-refractivity contribution in [1.82, 2.24) is 4.90 Å². The second-order valence-electron chi connectivity index (χ2n) is 3.70. The Morgan fingerprint density at radius 1 is 1.17 bits per heavy atom. The summed E-state index contributed by atoms with van der Waals surface area (Å²) in [6, 6.07) is 0. The molecule has 0 radical (unpaired) electrons. The van der Waals surface area contributed by atoms with E-state index in [-0.39, 0.29) is 0 Å². The maximum Gasteiger partial charge on any atom is 0.0196 e. The molecule has 1 aliphatic heterocycles. The van der Waals surface area contributed by atoms with Crippen molar-refractivity contribution in [2.45, 2.75) is 12.8 Å². The third-order valence-corrected chi connectivity index (χ3v) is 2.52. The molecule has 1 nitrogen and oxygen atoms in total. The van der Waals surface area contributed by atoms with Crippen LogP contribution in [0.5, 0.6) is 0 Å². The predicted octanol–water partition coefficient (Wildman–Crippen LogP) is 2.13. The van der Waals surface area contributed by atoms with Crippen LogP contribution in [0.4, 0.5) is 0 Å². The number of hydrogen-bond donors (Lipinski definition) is 0. The molecule has 1 saturated heterocycles. The molecule has 0 saturated carbocycles. The maximum absolute atomic E-state index is 2.39. The Balaban J connectivity index is 2.25. The molecule has 1 aliphatic carbocycles. The van der Waals surface area contributed by atoms with E-state index < -0.39 is 0 Å². The third-order valence-electron chi connectivity index (χ3n) is 2.52. The van der Waals surface area contributed by atoms with Gasteiger partial charge in [-0.15, -0.1) is 0 Å². The monoisotopic (exact) mass is 161 g/mol. The Hall–Kier alpha value is -0.820. The molecule has 1 heterocycles. The zero-order valence-corrected chi connectivity index (χ0v) is 7.59. The fraction of sp³-hybridized carbons (Fsp3) is 0.455. The van der Waals surface area contributed by atoms with Gasteiger partial charge in [0.05, 0.1) is 0 Å². The first-order valence-electron chi connectivity index (χ1n) is 4.57. The predicted molar refractivity (Wildman–Crippen MR) is 52.0 cm³/mol. The van der Waals surface area contributed by atoms with Crippen LogP contribution in [0.25, 0.3) is 0 Å². The highest BCUT2D eigenvalue weighted by Crippen LogP contribution is 2.21. The molecule has 2 bridgehead atoms. The highest BCUT2D eigenvalue weighted by atomic mass is 15.1. The molecule has 0 aromatic carbocycles. The molecule has 0 spiro atoms. The van der Waals surface area contributed by atoms with Crippen molar-refractivity contribution in [3.8, 4) is 0 Å². The summed E-state index contributed by atoms with van der Waals surface area (Å²) < 4.78 is 0. The van der Waals surface area contributed by atoms with Gasteiger partial charge in [-0.05, 0) is 19.9 Å². The number of likely N-dealkylation sites (tertiary alicyclic amines) is 1. The molecule has 0 aromatic rings. The zero-order valence-electron chi connectivity index (χ0n) is 7.59. The van der Waals surface area contributed by atoms with Crippen LogP contribution in [0.15, 0.2) is 35.5 Å². The number of hydrogen-bond acceptors (Lipinski definition) is 1. The highest BCUT2D eigenvalue weighted by molar-refractivity contribution is 5.30. The Kier molecular flexibility index (Phi) is 2.13. The van der Waals surface area contributed by atoms with Crippen molar-refractivity contribution >= 4 is 0 Å². The number of rotatable bonds is 0. The average Bonchev–Trinajstić information content (AvgIpc) is 2.35. The van der Waals surface area contributed by atoms with E-state index in [1.807, 2.05) is 0 Å². The van der Waals surface area contributed by atoms with Gasteiger partial charge in [0.25, 0.3) is 0 Å². The van der Waals surface area contributed by atoms with Gasteiger partial charge in [-0.1, -0.05) is 35.5 Å². The Bertz CT molecular complexity index is 258. The third kappa shape index (κ3) is 1.67. The van der Waals surface area contributed by atoms with E-state index in [1.165, 1.54) is 19.4 Å². The van der Waals surface area contributed by atoms with Crippen molar-refractivity contribution < 1.29 is 0 Å². The minimum Gasteiger partial charge on any atom is -0.302 e. The lowest BCUT2D eigenvalue weighted by atomic mass is 10.1. The fourth-order valence-corrected chi connectivity index (χ4v) is 1.83. The number of nitrogens with zero attached hydrogens (tertiary/aromatic N) is 1. The summed E-state index contributed by atoms with van der Waals surface area (Å²) in [4.78, 5) is 2.39. The Labute approximate surface area is 74.1 Å². The van der Waals surface area contributed by atoms with Gasteiger partial charge >= 0.3 is 0 Å². The minimum absolute atomic E-state index is 1.14. The van der Waals surface area contributed by atoms with Crippen molar-refractivity contribution in [3.63, 3.8) is 0 Å². The normalized spacial score (nSPS) is 24.1. The number of fused-ring (bicyclic) bond motifs is 2. The molecule has 0 atom stereocenters. The Morgan fingerprint density at radius 3 is 2.75 bits per heavy atom. The van der Waals surface area contributed by atoms with Crippen molar-refractivity contribution in [1.29, 1.82) is 0 Å². The Morgan fingerprint density at radius 2 is 1.92 bits per heavy atom. The molecule has 0 unspecified atom stereocenters. The lowest BCUT2D eigenvalue weighted by Gasteiger charge is -2.12. The molecule has 12 heavy (non-hydrogen) atoms. The summed E-state index contributed by atoms with van der Waals surface area (Å²) in [5.74, 6) is 0. The van der Waals surface area contributed by atoms with Gasteiger partial charge in [-0.3, -0.25) is 0 Å². The number of likely N-dealkylation sites (N-methyl/N-ethyl adjacent to an activating group) is 1. The first kappa shape index (κ1) is 7.81. The SMILES string of the molecule is CN1CCC2=CC=CC=C(C2)C1. The smallest absolute Gasteiger partial charge is 0.0196 e. The molecule has 64 valence electrons. The van der Waals surface area contributed by atoms with E-state index in [4.69, 9.17) is 0 Å². The van der Waals surface area contributed by atoms with E-state index in [1.54, 1.807) is 11.1 Å². The van der Waals surface area contributed by atoms with Crippen molar-refractivity contribution in [3.05, 3.63) is 35.5 Å². The van der Waals surface area contributed by atoms with Crippen LogP contribution in [0.1, 0.15) is 12.8 Å². The van der Waals surface area contributed by atoms with Gasteiger partial charge in [0, 0.05) is 13.1 Å². The lowest BCUT2D eigenvalue weighted by molar-refractivity contribution is 0.376. The lowest BCUT2D eigenvalue weighted by Crippen LogP contribution is -2.19. The van der Waals surface area contributed by atoms with Crippen LogP contribution < -0.4 is 0 Å². The molecule has 0 amide bonds. The van der Waals surface area contributed by atoms with Crippen LogP contribution in [0.3, 0.4) is 0 Å². The van der Waals surface area contributed by atoms with Crippen LogP contribution >= 0.6 is 0 Å². The summed E-state index contributed by atoms with van der Waals surface area (Å²) in [7, 11) is 2.20. The van der Waals surface area contributed by atoms with Gasteiger partial charge in [0.15, 0.2) is 0 Å². The van der Waals surface area contributed by atoms with Gasteiger partial charge in [-0.25, -0.2) is 0 Å². The van der Waals surface area contributed by atoms with E-state index in [9.17, 15) is 0 Å². The van der Waals surface area contributed by atoms with Gasteiger partial charge in [-0.2, -0.15) is 0 Å². The molecular weight excluding hydrogens is 146 g/mol. The molecular formula is C11H15N. The van der Waals surface area contributed by atoms with Gasteiger partial charge < -0.3 is 4.90 Å². The number of allylic oxidation sites excluding steroid dienone is 4. The van der Waals surface area contributed by atoms with Gasteiger partial charge in [0.2, 0.25) is 0 Å². The summed E-state index contributed by atoms with van der Waals surface area (Å²) >= 11 is 0. The average molecular weight is 161 g/mol. The van der Waals surface area contributed by atoms with Crippen LogP contribution in [-0.4, -0.2) is 25.0 Å². The molecule has 1 fully saturated rings. The largest absolute Gasteiger partial charge is 0.302 e. The minimum atomic E-state index is 1.14. The van der Waals surface area contributed by atoms with Crippen molar-refractivity contribution in [2.24, 2.45) is 0 Å². The van der Waals surface area contributed by atoms with Crippen LogP contribution in [-0.2, 0) is 0 Å². The maximum atomic E-state index is 2.39. The van der Waals surface area contributed by atoms with Gasteiger partial charge in [0.1, 0.15) is 0 Å². The van der Waals surface area contributed by atoms with Crippen LogP contribution in [0.2, 0.25) is 0 Å². The summed E-state index contributed by atoms with van der Waals surface area (Å²) in [5.41, 5.74) is 3.13. The van der Waals surface area contributed by atoms with E-state index in [0.29, 0.717) is 0 Å². The second-order valence-corrected chi connectivity index (χ2v) is 3.70. The summed E-state index contributed by atoms with van der Waals surface area (Å²) in [6.45, 7) is 2.35. The van der Waals surface area contributed by atoms with Crippen molar-refractivity contribution in [2.75, 3.05) is 20.1 Å². The molecule has 0 N–H and O–H groups in total. The van der Waals surface area contributed by atoms with Crippen LogP contribution in [0, 0.1) is 0 Å². The zero-order chi connectivity index (χ0) is 8.39. The molecule has 0 aromatic heterocycles. The summed E-state index contributed by atoms with van der Waals surface area (Å²) in [6.07, 6.45) is 11.3. The van der Waals surface area contributed by atoms with E-state index in [2.05, 4.69) is 36.3 Å². The standard InChI is InChI=1S/C11H15N/c1-12-7-6-10-4-2-3-5-11(8-10)9-12/h2-5H,6-9H2,1H3. The van der Waals surface area contributed by atoms with E-state index in [0.717, 1.165) is 6.54 Å². The first-order chi connectivity index (χ1) is 5.84. The molecule has 2 rings (SSSR count). The first-order valence-corrected chi connectivity index (χ1v) is 4.57. The second kappa shape index (κ2) is 3.28.